The summed E-state index contributed by atoms with van der Waals surface area (Å²) in [7, 11) is -4.52. The molecule has 0 saturated carbocycles. The molecule has 3 aromatic rings. The molecule has 0 aliphatic heterocycles. The second-order valence-electron chi connectivity index (χ2n) is 6.13. The second kappa shape index (κ2) is 7.51. The van der Waals surface area contributed by atoms with Crippen LogP contribution in [0.2, 0.25) is 0 Å². The molecule has 0 amide bonds. The first kappa shape index (κ1) is 18.5. The summed E-state index contributed by atoms with van der Waals surface area (Å²) in [6.07, 6.45) is 1.42. The fraction of sp³-hybridized carbons (Fsp3) is 0.300. The van der Waals surface area contributed by atoms with Crippen LogP contribution >= 0.6 is 0 Å². The van der Waals surface area contributed by atoms with Crippen molar-refractivity contribution in [1.82, 2.24) is 0 Å². The third kappa shape index (κ3) is 3.61. The summed E-state index contributed by atoms with van der Waals surface area (Å²) in [5.74, 6) is 0.256. The summed E-state index contributed by atoms with van der Waals surface area (Å²) in [6.45, 7) is 4.54. The first-order valence-electron chi connectivity index (χ1n) is 8.68. The van der Waals surface area contributed by atoms with E-state index in [2.05, 4.69) is 0 Å². The first-order valence-corrected chi connectivity index (χ1v) is 10.1. The normalized spacial score (nSPS) is 11.8. The minimum Gasteiger partial charge on any atom is -0.492 e. The fourth-order valence-corrected chi connectivity index (χ4v) is 3.70. The lowest BCUT2D eigenvalue weighted by Crippen LogP contribution is -2.09. The molecule has 3 rings (SSSR count). The minimum atomic E-state index is -4.52. The third-order valence-corrected chi connectivity index (χ3v) is 4.95. The molecule has 26 heavy (non-hydrogen) atoms. The van der Waals surface area contributed by atoms with Crippen molar-refractivity contribution in [2.24, 2.45) is 0 Å². The van der Waals surface area contributed by atoms with Crippen molar-refractivity contribution >= 4 is 31.7 Å². The van der Waals surface area contributed by atoms with Crippen molar-refractivity contribution in [3.63, 3.8) is 0 Å². The molecule has 0 aromatic heterocycles. The molecular formula is C20H22O5S. The lowest BCUT2D eigenvalue weighted by molar-refractivity contribution is 0.287. The van der Waals surface area contributed by atoms with Crippen molar-refractivity contribution in [3.05, 3.63) is 42.5 Å². The summed E-state index contributed by atoms with van der Waals surface area (Å²) in [6, 6.07) is 13.3. The molecule has 0 aliphatic rings. The van der Waals surface area contributed by atoms with Gasteiger partial charge in [0.1, 0.15) is 5.75 Å². The Labute approximate surface area is 153 Å². The van der Waals surface area contributed by atoms with Crippen LogP contribution in [0.3, 0.4) is 0 Å². The van der Waals surface area contributed by atoms with Crippen LogP contribution in [-0.4, -0.2) is 26.2 Å². The monoisotopic (exact) mass is 374 g/mol. The number of fused-ring (bicyclic) bond motifs is 2. The number of rotatable bonds is 7. The van der Waals surface area contributed by atoms with E-state index in [0.717, 1.165) is 16.2 Å². The van der Waals surface area contributed by atoms with Gasteiger partial charge in [-0.25, -0.2) is 0 Å². The topological polar surface area (TPSA) is 72.8 Å². The van der Waals surface area contributed by atoms with E-state index in [4.69, 9.17) is 9.47 Å². The molecule has 1 N–H and O–H groups in total. The highest BCUT2D eigenvalue weighted by atomic mass is 32.2. The van der Waals surface area contributed by atoms with E-state index in [-0.39, 0.29) is 16.4 Å². The van der Waals surface area contributed by atoms with Crippen LogP contribution < -0.4 is 9.47 Å². The number of hydrogen-bond acceptors (Lipinski definition) is 4. The van der Waals surface area contributed by atoms with E-state index >= 15 is 0 Å². The van der Waals surface area contributed by atoms with Crippen molar-refractivity contribution in [2.45, 2.75) is 31.6 Å². The molecule has 5 nitrogen and oxygen atoms in total. The number of ether oxygens (including phenoxy) is 2. The van der Waals surface area contributed by atoms with E-state index in [1.165, 1.54) is 0 Å². The van der Waals surface area contributed by atoms with Crippen LogP contribution in [0.15, 0.2) is 47.4 Å². The van der Waals surface area contributed by atoms with Crippen molar-refractivity contribution < 1.29 is 22.4 Å². The Kier molecular flexibility index (Phi) is 5.34. The lowest BCUT2D eigenvalue weighted by atomic mass is 10.0. The Hall–Kier alpha value is -2.31. The van der Waals surface area contributed by atoms with Crippen molar-refractivity contribution in [1.29, 1.82) is 0 Å². The molecule has 0 radical (unpaired) electrons. The molecule has 0 aliphatic carbocycles. The molecule has 0 atom stereocenters. The van der Waals surface area contributed by atoms with Gasteiger partial charge in [0.2, 0.25) is 0 Å². The van der Waals surface area contributed by atoms with Gasteiger partial charge in [0.25, 0.3) is 0 Å². The molecule has 0 bridgehead atoms. The number of benzene rings is 3. The maximum Gasteiger partial charge on any atom is 0.301 e. The second-order valence-corrected chi connectivity index (χ2v) is 7.48. The van der Waals surface area contributed by atoms with Gasteiger partial charge < -0.3 is 9.47 Å². The Morgan fingerprint density at radius 1 is 0.885 bits per heavy atom. The van der Waals surface area contributed by atoms with E-state index < -0.39 is 10.1 Å². The summed E-state index contributed by atoms with van der Waals surface area (Å²) in [5, 5.41) is 3.43. The third-order valence-electron chi connectivity index (χ3n) is 4.05. The average molecular weight is 374 g/mol. The zero-order valence-corrected chi connectivity index (χ0v) is 15.7. The molecule has 0 heterocycles. The summed E-state index contributed by atoms with van der Waals surface area (Å²) in [4.78, 5) is -0.304. The highest BCUT2D eigenvalue weighted by Gasteiger charge is 2.26. The van der Waals surface area contributed by atoms with Crippen LogP contribution in [0.5, 0.6) is 11.5 Å². The Balaban J connectivity index is 2.38. The maximum absolute atomic E-state index is 12.1. The van der Waals surface area contributed by atoms with Crippen LogP contribution in [0.1, 0.15) is 26.7 Å². The van der Waals surface area contributed by atoms with Crippen LogP contribution in [0.4, 0.5) is 0 Å². The van der Waals surface area contributed by atoms with Crippen LogP contribution in [0.25, 0.3) is 21.5 Å². The van der Waals surface area contributed by atoms with E-state index in [0.29, 0.717) is 31.4 Å². The first-order chi connectivity index (χ1) is 12.5. The van der Waals surface area contributed by atoms with E-state index in [1.54, 1.807) is 6.07 Å². The highest BCUT2D eigenvalue weighted by molar-refractivity contribution is 7.86. The molecule has 138 valence electrons. The molecule has 0 saturated heterocycles. The lowest BCUT2D eigenvalue weighted by Gasteiger charge is -2.17. The van der Waals surface area contributed by atoms with Gasteiger partial charge in [-0.15, -0.1) is 0 Å². The SMILES string of the molecule is CCCOc1cc2cc3ccccc3cc2c(OCCC)c1S(=O)(=O)O. The molecule has 0 fully saturated rings. The van der Waals surface area contributed by atoms with Gasteiger partial charge in [-0.1, -0.05) is 38.1 Å². The highest BCUT2D eigenvalue weighted by Crippen LogP contribution is 2.42. The minimum absolute atomic E-state index is 0.114. The maximum atomic E-state index is 12.1. The summed E-state index contributed by atoms with van der Waals surface area (Å²) >= 11 is 0. The van der Waals surface area contributed by atoms with Gasteiger partial charge >= 0.3 is 10.1 Å². The van der Waals surface area contributed by atoms with Crippen LogP contribution in [-0.2, 0) is 10.1 Å². The predicted octanol–water partition coefficient (Wildman–Crippen LogP) is 4.82. The molecular weight excluding hydrogens is 352 g/mol. The van der Waals surface area contributed by atoms with Crippen LogP contribution in [0, 0.1) is 0 Å². The molecule has 0 spiro atoms. The largest absolute Gasteiger partial charge is 0.492 e. The standard InChI is InChI=1S/C20H22O5S/c1-3-9-24-18-13-16-11-14-7-5-6-8-15(14)12-17(16)19(25-10-4-2)20(18)26(21,22)23/h5-8,11-13H,3-4,9-10H2,1-2H3,(H,21,22,23). The van der Waals surface area contributed by atoms with Gasteiger partial charge in [-0.05, 0) is 47.2 Å². The Morgan fingerprint density at radius 3 is 2.12 bits per heavy atom. The summed E-state index contributed by atoms with van der Waals surface area (Å²) in [5.41, 5.74) is 0. The quantitative estimate of drug-likeness (QED) is 0.474. The smallest absolute Gasteiger partial charge is 0.301 e. The van der Waals surface area contributed by atoms with Gasteiger partial charge in [0.15, 0.2) is 10.6 Å². The number of hydrogen-bond donors (Lipinski definition) is 1. The van der Waals surface area contributed by atoms with Gasteiger partial charge in [0, 0.05) is 5.39 Å². The zero-order valence-electron chi connectivity index (χ0n) is 14.9. The van der Waals surface area contributed by atoms with Crippen molar-refractivity contribution in [3.8, 4) is 11.5 Å². The molecule has 0 unspecified atom stereocenters. The van der Waals surface area contributed by atoms with Gasteiger partial charge in [-0.3, -0.25) is 4.55 Å². The van der Waals surface area contributed by atoms with E-state index in [9.17, 15) is 13.0 Å². The average Bonchev–Trinajstić information content (AvgIpc) is 2.61. The zero-order chi connectivity index (χ0) is 18.7. The fourth-order valence-electron chi connectivity index (χ4n) is 2.93. The van der Waals surface area contributed by atoms with Crippen molar-refractivity contribution in [2.75, 3.05) is 13.2 Å². The van der Waals surface area contributed by atoms with E-state index in [1.807, 2.05) is 50.2 Å². The molecule has 6 heteroatoms. The molecule has 3 aromatic carbocycles. The predicted molar refractivity (Wildman–Crippen MR) is 103 cm³/mol. The van der Waals surface area contributed by atoms with Gasteiger partial charge in [0.05, 0.1) is 13.2 Å². The Morgan fingerprint density at radius 2 is 1.50 bits per heavy atom. The van der Waals surface area contributed by atoms with Gasteiger partial charge in [-0.2, -0.15) is 8.42 Å². The Bertz CT molecular complexity index is 1040. The summed E-state index contributed by atoms with van der Waals surface area (Å²) < 4.78 is 45.5.